The molecule has 0 unspecified atom stereocenters. The Morgan fingerprint density at radius 3 is 2.62 bits per heavy atom. The predicted molar refractivity (Wildman–Crippen MR) is 99.3 cm³/mol. The van der Waals surface area contributed by atoms with Crippen molar-refractivity contribution < 1.29 is 9.53 Å². The summed E-state index contributed by atoms with van der Waals surface area (Å²) in [6.07, 6.45) is 1.75. The van der Waals surface area contributed by atoms with Crippen LogP contribution < -0.4 is 0 Å². The van der Waals surface area contributed by atoms with E-state index in [2.05, 4.69) is 0 Å². The average molecular weight is 382 g/mol. The van der Waals surface area contributed by atoms with Crippen LogP contribution in [0.25, 0.3) is 0 Å². The molecule has 0 aromatic heterocycles. The molecule has 0 radical (unpaired) electrons. The number of morpholine rings is 1. The summed E-state index contributed by atoms with van der Waals surface area (Å²) < 4.78 is 5.83. The Labute approximate surface area is 155 Å². The lowest BCUT2D eigenvalue weighted by molar-refractivity contribution is -0.0229. The van der Waals surface area contributed by atoms with Gasteiger partial charge in [0.2, 0.25) is 0 Å². The summed E-state index contributed by atoms with van der Waals surface area (Å²) in [5, 5.41) is 1.13. The molecule has 1 atom stereocenters. The summed E-state index contributed by atoms with van der Waals surface area (Å²) >= 11 is 13.7. The van der Waals surface area contributed by atoms with E-state index in [-0.39, 0.29) is 12.0 Å². The highest BCUT2D eigenvalue weighted by atomic mass is 35.5. The second kappa shape index (κ2) is 7.79. The zero-order chi connectivity index (χ0) is 17.1. The van der Waals surface area contributed by atoms with E-state index >= 15 is 0 Å². The monoisotopic (exact) mass is 381 g/mol. The van der Waals surface area contributed by atoms with Crippen molar-refractivity contribution in [3.05, 3.63) is 63.6 Å². The van der Waals surface area contributed by atoms with E-state index in [4.69, 9.17) is 27.9 Å². The summed E-state index contributed by atoms with van der Waals surface area (Å²) in [6.45, 7) is 1.55. The number of benzene rings is 2. The molecule has 126 valence electrons. The third kappa shape index (κ3) is 3.89. The van der Waals surface area contributed by atoms with Gasteiger partial charge >= 0.3 is 0 Å². The maximum atomic E-state index is 12.9. The summed E-state index contributed by atoms with van der Waals surface area (Å²) in [6, 6.07) is 13.0. The van der Waals surface area contributed by atoms with E-state index in [1.807, 2.05) is 47.6 Å². The molecule has 2 aromatic carbocycles. The predicted octanol–water partition coefficient (Wildman–Crippen LogP) is 4.93. The highest BCUT2D eigenvalue weighted by molar-refractivity contribution is 7.98. The molecule has 1 aliphatic heterocycles. The van der Waals surface area contributed by atoms with Crippen LogP contribution in [-0.2, 0) is 4.74 Å². The first kappa shape index (κ1) is 17.6. The van der Waals surface area contributed by atoms with Crippen molar-refractivity contribution in [3.8, 4) is 0 Å². The minimum Gasteiger partial charge on any atom is -0.370 e. The summed E-state index contributed by atoms with van der Waals surface area (Å²) in [7, 11) is 0. The standard InChI is InChI=1S/C18H17Cl2NO2S/c1-24-17-5-3-2-4-15(17)18(22)21-6-7-23-16(11-21)12-8-13(19)10-14(20)9-12/h2-5,8-10,16H,6-7,11H2,1H3/t16-/m1/s1. The number of ether oxygens (including phenoxy) is 1. The molecule has 0 bridgehead atoms. The molecule has 1 aliphatic rings. The Morgan fingerprint density at radius 2 is 1.92 bits per heavy atom. The van der Waals surface area contributed by atoms with Gasteiger partial charge in [-0.25, -0.2) is 0 Å². The van der Waals surface area contributed by atoms with Crippen LogP contribution in [0.1, 0.15) is 22.0 Å². The molecule has 1 heterocycles. The zero-order valence-electron chi connectivity index (χ0n) is 13.2. The van der Waals surface area contributed by atoms with Gasteiger partial charge < -0.3 is 9.64 Å². The first-order valence-corrected chi connectivity index (χ1v) is 9.56. The van der Waals surface area contributed by atoms with Crippen LogP contribution in [0.2, 0.25) is 10.0 Å². The molecular weight excluding hydrogens is 365 g/mol. The Balaban J connectivity index is 1.81. The molecule has 0 aliphatic carbocycles. The lowest BCUT2D eigenvalue weighted by Gasteiger charge is -2.33. The summed E-state index contributed by atoms with van der Waals surface area (Å²) in [5.41, 5.74) is 1.62. The summed E-state index contributed by atoms with van der Waals surface area (Å²) in [4.78, 5) is 15.7. The maximum Gasteiger partial charge on any atom is 0.255 e. The number of rotatable bonds is 3. The fourth-order valence-corrected chi connectivity index (χ4v) is 3.92. The van der Waals surface area contributed by atoms with E-state index in [1.165, 1.54) is 0 Å². The van der Waals surface area contributed by atoms with Gasteiger partial charge in [-0.15, -0.1) is 11.8 Å². The molecule has 24 heavy (non-hydrogen) atoms. The second-order valence-electron chi connectivity index (χ2n) is 5.51. The van der Waals surface area contributed by atoms with Crippen LogP contribution in [0.4, 0.5) is 0 Å². The average Bonchev–Trinajstić information content (AvgIpc) is 2.60. The Kier molecular flexibility index (Phi) is 5.72. The normalized spacial score (nSPS) is 17.8. The van der Waals surface area contributed by atoms with Gasteiger partial charge in [0.1, 0.15) is 6.10 Å². The van der Waals surface area contributed by atoms with Crippen LogP contribution in [0.5, 0.6) is 0 Å². The first-order chi connectivity index (χ1) is 11.6. The van der Waals surface area contributed by atoms with Crippen molar-refractivity contribution in [2.45, 2.75) is 11.0 Å². The second-order valence-corrected chi connectivity index (χ2v) is 7.23. The molecule has 0 saturated carbocycles. The number of halogens is 2. The van der Waals surface area contributed by atoms with E-state index in [9.17, 15) is 4.79 Å². The van der Waals surface area contributed by atoms with Crippen LogP contribution in [0.15, 0.2) is 47.4 Å². The smallest absolute Gasteiger partial charge is 0.255 e. The number of carbonyl (C=O) groups excluding carboxylic acids is 1. The molecule has 3 rings (SSSR count). The van der Waals surface area contributed by atoms with Gasteiger partial charge in [-0.3, -0.25) is 4.79 Å². The van der Waals surface area contributed by atoms with E-state index < -0.39 is 0 Å². The first-order valence-electron chi connectivity index (χ1n) is 7.58. The van der Waals surface area contributed by atoms with Gasteiger partial charge in [0.15, 0.2) is 0 Å². The van der Waals surface area contributed by atoms with Crippen molar-refractivity contribution in [1.82, 2.24) is 4.90 Å². The molecule has 1 saturated heterocycles. The number of hydrogen-bond acceptors (Lipinski definition) is 3. The SMILES string of the molecule is CSc1ccccc1C(=O)N1CCO[C@@H](c2cc(Cl)cc(Cl)c2)C1. The summed E-state index contributed by atoms with van der Waals surface area (Å²) in [5.74, 6) is 0.0291. The quantitative estimate of drug-likeness (QED) is 0.705. The van der Waals surface area contributed by atoms with Crippen molar-refractivity contribution >= 4 is 40.9 Å². The van der Waals surface area contributed by atoms with E-state index in [0.717, 1.165) is 16.0 Å². The zero-order valence-corrected chi connectivity index (χ0v) is 15.5. The van der Waals surface area contributed by atoms with E-state index in [0.29, 0.717) is 29.7 Å². The number of nitrogens with zero attached hydrogens (tertiary/aromatic N) is 1. The number of carbonyl (C=O) groups is 1. The van der Waals surface area contributed by atoms with Crippen molar-refractivity contribution in [2.24, 2.45) is 0 Å². The van der Waals surface area contributed by atoms with Gasteiger partial charge in [0.05, 0.1) is 18.7 Å². The van der Waals surface area contributed by atoms with Gasteiger partial charge in [-0.05, 0) is 42.2 Å². The molecule has 1 fully saturated rings. The Bertz CT molecular complexity index is 733. The van der Waals surface area contributed by atoms with Gasteiger partial charge in [-0.2, -0.15) is 0 Å². The topological polar surface area (TPSA) is 29.5 Å². The van der Waals surface area contributed by atoms with E-state index in [1.54, 1.807) is 17.8 Å². The fourth-order valence-electron chi connectivity index (χ4n) is 2.79. The molecule has 0 N–H and O–H groups in total. The number of amides is 1. The molecule has 1 amide bonds. The third-order valence-corrected chi connectivity index (χ3v) is 5.18. The van der Waals surface area contributed by atoms with Crippen LogP contribution in [-0.4, -0.2) is 36.8 Å². The number of thioether (sulfide) groups is 1. The molecule has 2 aromatic rings. The Hall–Kier alpha value is -1.20. The highest BCUT2D eigenvalue weighted by Crippen LogP contribution is 2.29. The van der Waals surface area contributed by atoms with Gasteiger partial charge in [0.25, 0.3) is 5.91 Å². The largest absolute Gasteiger partial charge is 0.370 e. The highest BCUT2D eigenvalue weighted by Gasteiger charge is 2.27. The lowest BCUT2D eigenvalue weighted by atomic mass is 10.1. The van der Waals surface area contributed by atoms with Crippen LogP contribution >= 0.6 is 35.0 Å². The van der Waals surface area contributed by atoms with Gasteiger partial charge in [-0.1, -0.05) is 35.3 Å². The molecular formula is C18H17Cl2NO2S. The molecule has 3 nitrogen and oxygen atoms in total. The fraction of sp³-hybridized carbons (Fsp3) is 0.278. The van der Waals surface area contributed by atoms with Crippen LogP contribution in [0.3, 0.4) is 0 Å². The minimum atomic E-state index is -0.222. The van der Waals surface area contributed by atoms with Gasteiger partial charge in [0, 0.05) is 21.5 Å². The lowest BCUT2D eigenvalue weighted by Crippen LogP contribution is -2.42. The molecule has 0 spiro atoms. The maximum absolute atomic E-state index is 12.9. The number of hydrogen-bond donors (Lipinski definition) is 0. The third-order valence-electron chi connectivity index (χ3n) is 3.95. The van der Waals surface area contributed by atoms with Crippen molar-refractivity contribution in [2.75, 3.05) is 26.0 Å². The molecule has 6 heteroatoms. The van der Waals surface area contributed by atoms with Crippen molar-refractivity contribution in [3.63, 3.8) is 0 Å². The van der Waals surface area contributed by atoms with Crippen molar-refractivity contribution in [1.29, 1.82) is 0 Å². The minimum absolute atomic E-state index is 0.0291. The Morgan fingerprint density at radius 1 is 1.21 bits per heavy atom. The van der Waals surface area contributed by atoms with Crippen LogP contribution in [0, 0.1) is 0 Å².